The Kier molecular flexibility index (Phi) is 7.82. The van der Waals surface area contributed by atoms with Gasteiger partial charge in [0.05, 0.1) is 0 Å². The second-order valence-corrected chi connectivity index (χ2v) is 5.12. The summed E-state index contributed by atoms with van der Waals surface area (Å²) >= 11 is 0. The van der Waals surface area contributed by atoms with Crippen LogP contribution in [0.2, 0.25) is 0 Å². The summed E-state index contributed by atoms with van der Waals surface area (Å²) in [6, 6.07) is 0. The van der Waals surface area contributed by atoms with Crippen molar-refractivity contribution in [2.75, 3.05) is 26.3 Å². The average molecular weight is 243 g/mol. The van der Waals surface area contributed by atoms with Gasteiger partial charge in [-0.25, -0.2) is 0 Å². The standard InChI is InChI=1S/C14H29NO2/c1-4-16-14(17-5-2)11-15-10-13-8-6-12(3)7-9-13/h12-15H,4-11H2,1-3H3. The molecule has 0 atom stereocenters. The van der Waals surface area contributed by atoms with E-state index in [4.69, 9.17) is 9.47 Å². The van der Waals surface area contributed by atoms with Crippen LogP contribution in [0.15, 0.2) is 0 Å². The van der Waals surface area contributed by atoms with Crippen molar-refractivity contribution in [3.05, 3.63) is 0 Å². The van der Waals surface area contributed by atoms with Gasteiger partial charge in [0.15, 0.2) is 6.29 Å². The fraction of sp³-hybridized carbons (Fsp3) is 1.00. The van der Waals surface area contributed by atoms with Crippen LogP contribution in [0.1, 0.15) is 46.5 Å². The fourth-order valence-corrected chi connectivity index (χ4v) is 2.48. The first kappa shape index (κ1) is 14.9. The number of nitrogens with one attached hydrogen (secondary N) is 1. The summed E-state index contributed by atoms with van der Waals surface area (Å²) < 4.78 is 11.0. The first-order chi connectivity index (χ1) is 8.26. The Labute approximate surface area is 106 Å². The Morgan fingerprint density at radius 1 is 1.06 bits per heavy atom. The Morgan fingerprint density at radius 3 is 2.18 bits per heavy atom. The van der Waals surface area contributed by atoms with Gasteiger partial charge in [-0.15, -0.1) is 0 Å². The molecular formula is C14H29NO2. The van der Waals surface area contributed by atoms with Crippen molar-refractivity contribution >= 4 is 0 Å². The molecule has 0 radical (unpaired) electrons. The molecule has 3 heteroatoms. The highest BCUT2D eigenvalue weighted by Crippen LogP contribution is 2.27. The zero-order valence-electron chi connectivity index (χ0n) is 11.7. The molecule has 1 aliphatic carbocycles. The number of hydrogen-bond donors (Lipinski definition) is 1. The lowest BCUT2D eigenvalue weighted by atomic mass is 9.83. The molecule has 0 heterocycles. The molecule has 0 aromatic heterocycles. The van der Waals surface area contributed by atoms with Crippen LogP contribution in [0, 0.1) is 11.8 Å². The molecule has 17 heavy (non-hydrogen) atoms. The van der Waals surface area contributed by atoms with Gasteiger partial charge < -0.3 is 14.8 Å². The first-order valence-electron chi connectivity index (χ1n) is 7.20. The molecule has 102 valence electrons. The normalized spacial score (nSPS) is 25.4. The highest BCUT2D eigenvalue weighted by atomic mass is 16.7. The summed E-state index contributed by atoms with van der Waals surface area (Å²) in [4.78, 5) is 0. The molecule has 1 rings (SSSR count). The van der Waals surface area contributed by atoms with Gasteiger partial charge in [-0.3, -0.25) is 0 Å². The van der Waals surface area contributed by atoms with Crippen molar-refractivity contribution in [3.8, 4) is 0 Å². The molecule has 1 fully saturated rings. The minimum absolute atomic E-state index is 0.0764. The zero-order valence-corrected chi connectivity index (χ0v) is 11.7. The Bertz CT molecular complexity index is 173. The summed E-state index contributed by atoms with van der Waals surface area (Å²) in [6.07, 6.45) is 5.47. The molecule has 0 aromatic rings. The highest BCUT2D eigenvalue weighted by molar-refractivity contribution is 4.71. The lowest BCUT2D eigenvalue weighted by Gasteiger charge is -2.27. The van der Waals surface area contributed by atoms with Gasteiger partial charge >= 0.3 is 0 Å². The first-order valence-corrected chi connectivity index (χ1v) is 7.20. The van der Waals surface area contributed by atoms with Crippen LogP contribution in [0.25, 0.3) is 0 Å². The van der Waals surface area contributed by atoms with Crippen LogP contribution in [0.5, 0.6) is 0 Å². The number of rotatable bonds is 8. The van der Waals surface area contributed by atoms with Gasteiger partial charge in [0, 0.05) is 19.8 Å². The van der Waals surface area contributed by atoms with Gasteiger partial charge in [0.1, 0.15) is 0 Å². The molecule has 0 aliphatic heterocycles. The lowest BCUT2D eigenvalue weighted by Crippen LogP contribution is -2.35. The van der Waals surface area contributed by atoms with Gasteiger partial charge in [-0.1, -0.05) is 19.8 Å². The third kappa shape index (κ3) is 6.39. The maximum absolute atomic E-state index is 5.50. The van der Waals surface area contributed by atoms with Crippen LogP contribution in [-0.2, 0) is 9.47 Å². The maximum atomic E-state index is 5.50. The van der Waals surface area contributed by atoms with Crippen LogP contribution >= 0.6 is 0 Å². The van der Waals surface area contributed by atoms with Gasteiger partial charge in [0.2, 0.25) is 0 Å². The summed E-state index contributed by atoms with van der Waals surface area (Å²) in [6.45, 7) is 9.74. The highest BCUT2D eigenvalue weighted by Gasteiger charge is 2.18. The van der Waals surface area contributed by atoms with Crippen LogP contribution in [0.3, 0.4) is 0 Å². The summed E-state index contributed by atoms with van der Waals surface area (Å²) in [7, 11) is 0. The van der Waals surface area contributed by atoms with E-state index in [0.29, 0.717) is 13.2 Å². The van der Waals surface area contributed by atoms with Crippen molar-refractivity contribution in [1.82, 2.24) is 5.32 Å². The molecule has 0 amide bonds. The van der Waals surface area contributed by atoms with E-state index in [1.165, 1.54) is 25.7 Å². The van der Waals surface area contributed by atoms with E-state index in [0.717, 1.165) is 24.9 Å². The Hall–Kier alpha value is -0.120. The second kappa shape index (κ2) is 8.90. The third-order valence-corrected chi connectivity index (χ3v) is 3.58. The molecular weight excluding hydrogens is 214 g/mol. The maximum Gasteiger partial charge on any atom is 0.169 e. The number of ether oxygens (including phenoxy) is 2. The van der Waals surface area contributed by atoms with E-state index in [9.17, 15) is 0 Å². The summed E-state index contributed by atoms with van der Waals surface area (Å²) in [5.41, 5.74) is 0. The van der Waals surface area contributed by atoms with Crippen LogP contribution in [0.4, 0.5) is 0 Å². The number of hydrogen-bond acceptors (Lipinski definition) is 3. The van der Waals surface area contributed by atoms with Crippen molar-refractivity contribution in [1.29, 1.82) is 0 Å². The lowest BCUT2D eigenvalue weighted by molar-refractivity contribution is -0.133. The van der Waals surface area contributed by atoms with Crippen molar-refractivity contribution in [2.24, 2.45) is 11.8 Å². The topological polar surface area (TPSA) is 30.5 Å². The van der Waals surface area contributed by atoms with Gasteiger partial charge in [0.25, 0.3) is 0 Å². The van der Waals surface area contributed by atoms with E-state index < -0.39 is 0 Å². The van der Waals surface area contributed by atoms with Crippen molar-refractivity contribution in [3.63, 3.8) is 0 Å². The van der Waals surface area contributed by atoms with Crippen LogP contribution < -0.4 is 5.32 Å². The predicted octanol–water partition coefficient (Wildman–Crippen LogP) is 2.80. The van der Waals surface area contributed by atoms with Gasteiger partial charge in [-0.2, -0.15) is 0 Å². The molecule has 0 unspecified atom stereocenters. The van der Waals surface area contributed by atoms with E-state index >= 15 is 0 Å². The Morgan fingerprint density at radius 2 is 1.65 bits per heavy atom. The predicted molar refractivity (Wildman–Crippen MR) is 71.0 cm³/mol. The minimum Gasteiger partial charge on any atom is -0.352 e. The molecule has 3 nitrogen and oxygen atoms in total. The fourth-order valence-electron chi connectivity index (χ4n) is 2.48. The second-order valence-electron chi connectivity index (χ2n) is 5.12. The molecule has 0 bridgehead atoms. The molecule has 0 aromatic carbocycles. The van der Waals surface area contributed by atoms with Crippen molar-refractivity contribution < 1.29 is 9.47 Å². The summed E-state index contributed by atoms with van der Waals surface area (Å²) in [5, 5.41) is 3.49. The smallest absolute Gasteiger partial charge is 0.169 e. The SMILES string of the molecule is CCOC(CNCC1CCC(C)CC1)OCC. The molecule has 1 saturated carbocycles. The van der Waals surface area contributed by atoms with E-state index in [-0.39, 0.29) is 6.29 Å². The summed E-state index contributed by atoms with van der Waals surface area (Å²) in [5.74, 6) is 1.79. The third-order valence-electron chi connectivity index (χ3n) is 3.58. The average Bonchev–Trinajstić information content (AvgIpc) is 2.32. The molecule has 0 spiro atoms. The van der Waals surface area contributed by atoms with E-state index in [2.05, 4.69) is 12.2 Å². The minimum atomic E-state index is -0.0764. The Balaban J connectivity index is 2.08. The van der Waals surface area contributed by atoms with E-state index in [1.807, 2.05) is 13.8 Å². The monoisotopic (exact) mass is 243 g/mol. The van der Waals surface area contributed by atoms with Crippen molar-refractivity contribution in [2.45, 2.75) is 52.7 Å². The van der Waals surface area contributed by atoms with Crippen LogP contribution in [-0.4, -0.2) is 32.6 Å². The van der Waals surface area contributed by atoms with E-state index in [1.54, 1.807) is 0 Å². The van der Waals surface area contributed by atoms with Gasteiger partial charge in [-0.05, 0) is 45.1 Å². The zero-order chi connectivity index (χ0) is 12.5. The molecule has 1 aliphatic rings. The molecule has 1 N–H and O–H groups in total. The molecule has 0 saturated heterocycles. The quantitative estimate of drug-likeness (QED) is 0.665. The largest absolute Gasteiger partial charge is 0.352 e.